The van der Waals surface area contributed by atoms with Crippen LogP contribution in [0.5, 0.6) is 0 Å². The Labute approximate surface area is 136 Å². The van der Waals surface area contributed by atoms with Gasteiger partial charge in [0, 0.05) is 26.8 Å². The maximum atomic E-state index is 12.0. The Kier molecular flexibility index (Phi) is 3.79. The van der Waals surface area contributed by atoms with Crippen LogP contribution < -0.4 is 11.5 Å². The number of nitrogens with zero attached hydrogens (tertiary/aromatic N) is 2. The molecule has 0 spiro atoms. The zero-order valence-electron chi connectivity index (χ0n) is 12.0. The predicted octanol–water partition coefficient (Wildman–Crippen LogP) is 2.85. The summed E-state index contributed by atoms with van der Waals surface area (Å²) in [6, 6.07) is 14.9. The minimum atomic E-state index is -0.488. The molecule has 1 amide bonds. The summed E-state index contributed by atoms with van der Waals surface area (Å²) in [5, 5.41) is 12.2. The lowest BCUT2D eigenvalue weighted by Gasteiger charge is -2.03. The monoisotopic (exact) mass is 320 g/mol. The zero-order valence-corrected chi connectivity index (χ0v) is 12.8. The first-order valence-corrected chi connectivity index (χ1v) is 7.63. The summed E-state index contributed by atoms with van der Waals surface area (Å²) in [7, 11) is 0. The molecule has 0 fully saturated rings. The summed E-state index contributed by atoms with van der Waals surface area (Å²) in [5.41, 5.74) is 13.3. The maximum absolute atomic E-state index is 12.0. The van der Waals surface area contributed by atoms with Gasteiger partial charge in [-0.05, 0) is 29.6 Å². The summed E-state index contributed by atoms with van der Waals surface area (Å²) in [4.78, 5) is 15.6. The molecule has 0 saturated heterocycles. The molecule has 0 radical (unpaired) electrons. The van der Waals surface area contributed by atoms with Gasteiger partial charge >= 0.3 is 0 Å². The van der Waals surface area contributed by atoms with Crippen molar-refractivity contribution in [3.05, 3.63) is 59.0 Å². The van der Waals surface area contributed by atoms with Gasteiger partial charge in [0.25, 0.3) is 5.91 Å². The second-order valence-electron chi connectivity index (χ2n) is 4.86. The van der Waals surface area contributed by atoms with Crippen LogP contribution in [0.3, 0.4) is 0 Å². The normalized spacial score (nSPS) is 10.2. The number of carbonyl (C=O) groups excluding carboxylic acids is 1. The molecule has 0 saturated carbocycles. The van der Waals surface area contributed by atoms with Crippen molar-refractivity contribution in [2.45, 2.75) is 0 Å². The van der Waals surface area contributed by atoms with Gasteiger partial charge in [-0.15, -0.1) is 11.3 Å². The molecule has 0 unspecified atom stereocenters. The van der Waals surface area contributed by atoms with Crippen LogP contribution in [0.25, 0.3) is 21.2 Å². The van der Waals surface area contributed by atoms with Crippen molar-refractivity contribution in [1.82, 2.24) is 0 Å². The van der Waals surface area contributed by atoms with E-state index in [9.17, 15) is 10.1 Å². The molecule has 23 heavy (non-hydrogen) atoms. The van der Waals surface area contributed by atoms with Crippen LogP contribution in [0.15, 0.2) is 52.8 Å². The average Bonchev–Trinajstić information content (AvgIpc) is 2.97. The number of hydrogen-bond acceptors (Lipinski definition) is 3. The minimum absolute atomic E-state index is 0.268. The van der Waals surface area contributed by atoms with E-state index in [0.717, 1.165) is 21.2 Å². The predicted molar refractivity (Wildman–Crippen MR) is 92.1 cm³/mol. The lowest BCUT2D eigenvalue weighted by molar-refractivity contribution is 0.100. The van der Waals surface area contributed by atoms with Crippen LogP contribution in [0.4, 0.5) is 0 Å². The van der Waals surface area contributed by atoms with Crippen molar-refractivity contribution in [2.75, 3.05) is 0 Å². The fourth-order valence-electron chi connectivity index (χ4n) is 2.37. The van der Waals surface area contributed by atoms with E-state index in [4.69, 9.17) is 11.5 Å². The van der Waals surface area contributed by atoms with Gasteiger partial charge in [-0.25, -0.2) is 0 Å². The van der Waals surface area contributed by atoms with Crippen LogP contribution in [0, 0.1) is 11.3 Å². The van der Waals surface area contributed by atoms with E-state index in [1.165, 1.54) is 0 Å². The van der Waals surface area contributed by atoms with E-state index in [-0.39, 0.29) is 5.96 Å². The van der Waals surface area contributed by atoms with E-state index >= 15 is 0 Å². The second-order valence-corrected chi connectivity index (χ2v) is 5.77. The fraction of sp³-hybridized carbons (Fsp3) is 0. The molecule has 0 atom stereocenters. The van der Waals surface area contributed by atoms with Gasteiger partial charge in [-0.1, -0.05) is 18.2 Å². The highest BCUT2D eigenvalue weighted by molar-refractivity contribution is 7.17. The van der Waals surface area contributed by atoms with E-state index < -0.39 is 5.91 Å². The Balaban J connectivity index is 2.18. The molecule has 3 rings (SSSR count). The Morgan fingerprint density at radius 3 is 2.65 bits per heavy atom. The SMILES string of the molecule is N#Cc1ccccc1-c1csc2ccc(C(=O)N=C(N)N)cc12. The van der Waals surface area contributed by atoms with Gasteiger partial charge in [0.1, 0.15) is 0 Å². The first-order valence-electron chi connectivity index (χ1n) is 6.75. The fourth-order valence-corrected chi connectivity index (χ4v) is 3.31. The number of fused-ring (bicyclic) bond motifs is 1. The van der Waals surface area contributed by atoms with E-state index in [1.54, 1.807) is 29.5 Å². The van der Waals surface area contributed by atoms with Crippen molar-refractivity contribution in [2.24, 2.45) is 16.5 Å². The van der Waals surface area contributed by atoms with Crippen LogP contribution in [-0.4, -0.2) is 11.9 Å². The molecule has 0 bridgehead atoms. The number of amides is 1. The second kappa shape index (κ2) is 5.91. The zero-order chi connectivity index (χ0) is 16.4. The van der Waals surface area contributed by atoms with Gasteiger partial charge in [0.05, 0.1) is 11.6 Å². The molecule has 1 aromatic heterocycles. The number of aliphatic imine (C=N–C) groups is 1. The molecular formula is C17H12N4OS. The number of benzene rings is 2. The molecule has 6 heteroatoms. The van der Waals surface area contributed by atoms with E-state index in [0.29, 0.717) is 11.1 Å². The molecule has 0 aliphatic rings. The number of nitriles is 1. The van der Waals surface area contributed by atoms with Crippen molar-refractivity contribution < 1.29 is 4.79 Å². The van der Waals surface area contributed by atoms with Crippen LogP contribution in [0.1, 0.15) is 15.9 Å². The Hall–Kier alpha value is -3.17. The average molecular weight is 320 g/mol. The largest absolute Gasteiger partial charge is 0.370 e. The van der Waals surface area contributed by atoms with Crippen LogP contribution >= 0.6 is 11.3 Å². The van der Waals surface area contributed by atoms with E-state index in [2.05, 4.69) is 11.1 Å². The molecule has 112 valence electrons. The summed E-state index contributed by atoms with van der Waals surface area (Å²) in [6.07, 6.45) is 0. The lowest BCUT2D eigenvalue weighted by atomic mass is 9.99. The number of thiophene rings is 1. The molecule has 1 heterocycles. The first kappa shape index (κ1) is 14.8. The number of guanidine groups is 1. The van der Waals surface area contributed by atoms with Crippen molar-refractivity contribution >= 4 is 33.3 Å². The van der Waals surface area contributed by atoms with Gasteiger partial charge < -0.3 is 11.5 Å². The molecular weight excluding hydrogens is 308 g/mol. The minimum Gasteiger partial charge on any atom is -0.370 e. The van der Waals surface area contributed by atoms with Crippen molar-refractivity contribution in [3.63, 3.8) is 0 Å². The number of hydrogen-bond donors (Lipinski definition) is 2. The molecule has 2 aromatic carbocycles. The third-order valence-corrected chi connectivity index (χ3v) is 4.35. The molecule has 0 aliphatic carbocycles. The first-order chi connectivity index (χ1) is 11.1. The van der Waals surface area contributed by atoms with Gasteiger partial charge in [-0.3, -0.25) is 4.79 Å². The summed E-state index contributed by atoms with van der Waals surface area (Å²) >= 11 is 1.56. The standard InChI is InChI=1S/C17H12N4OS/c18-8-11-3-1-2-4-12(11)14-9-23-15-6-5-10(7-13(14)15)16(22)21-17(19)20/h1-7,9H,(H4,19,20,21,22). The third-order valence-electron chi connectivity index (χ3n) is 3.39. The number of carbonyl (C=O) groups is 1. The molecule has 5 nitrogen and oxygen atoms in total. The van der Waals surface area contributed by atoms with Gasteiger partial charge in [-0.2, -0.15) is 10.3 Å². The molecule has 4 N–H and O–H groups in total. The number of rotatable bonds is 2. The molecule has 3 aromatic rings. The summed E-state index contributed by atoms with van der Waals surface area (Å²) in [6.45, 7) is 0. The maximum Gasteiger partial charge on any atom is 0.280 e. The van der Waals surface area contributed by atoms with Crippen molar-refractivity contribution in [3.8, 4) is 17.2 Å². The van der Waals surface area contributed by atoms with Crippen LogP contribution in [-0.2, 0) is 0 Å². The van der Waals surface area contributed by atoms with Gasteiger partial charge in [0.15, 0.2) is 5.96 Å². The summed E-state index contributed by atoms with van der Waals surface area (Å²) < 4.78 is 1.02. The lowest BCUT2D eigenvalue weighted by Crippen LogP contribution is -2.24. The van der Waals surface area contributed by atoms with Gasteiger partial charge in [0.2, 0.25) is 0 Å². The Bertz CT molecular complexity index is 978. The topological polar surface area (TPSA) is 105 Å². The Morgan fingerprint density at radius 2 is 1.91 bits per heavy atom. The van der Waals surface area contributed by atoms with E-state index in [1.807, 2.05) is 29.6 Å². The van der Waals surface area contributed by atoms with Crippen LogP contribution in [0.2, 0.25) is 0 Å². The highest BCUT2D eigenvalue weighted by atomic mass is 32.1. The summed E-state index contributed by atoms with van der Waals surface area (Å²) in [5.74, 6) is -0.756. The highest BCUT2D eigenvalue weighted by Crippen LogP contribution is 2.36. The smallest absolute Gasteiger partial charge is 0.280 e. The Morgan fingerprint density at radius 1 is 1.13 bits per heavy atom. The number of nitrogens with two attached hydrogens (primary N) is 2. The van der Waals surface area contributed by atoms with Crippen molar-refractivity contribution in [1.29, 1.82) is 5.26 Å². The quantitative estimate of drug-likeness (QED) is 0.559. The highest BCUT2D eigenvalue weighted by Gasteiger charge is 2.13. The molecule has 0 aliphatic heterocycles. The third kappa shape index (κ3) is 2.78.